The van der Waals surface area contributed by atoms with Gasteiger partial charge in [-0.15, -0.1) is 0 Å². The number of rotatable bonds is 4. The number of nitrogens with zero attached hydrogens (tertiary/aromatic N) is 3. The van der Waals surface area contributed by atoms with Crippen LogP contribution in [0, 0.1) is 0 Å². The first-order valence-electron chi connectivity index (χ1n) is 8.64. The van der Waals surface area contributed by atoms with E-state index in [4.69, 9.17) is 9.51 Å². The predicted octanol–water partition coefficient (Wildman–Crippen LogP) is 2.87. The smallest absolute Gasteiger partial charge is 0.266 e. The second-order valence-electron chi connectivity index (χ2n) is 6.58. The maximum atomic E-state index is 5.72. The van der Waals surface area contributed by atoms with Gasteiger partial charge in [0.1, 0.15) is 0 Å². The van der Waals surface area contributed by atoms with Gasteiger partial charge in [0.05, 0.1) is 5.41 Å². The van der Waals surface area contributed by atoms with Gasteiger partial charge in [-0.3, -0.25) is 0 Å². The number of hydrogen-bond donors (Lipinski definition) is 1. The highest BCUT2D eigenvalue weighted by atomic mass is 16.5. The fourth-order valence-electron chi connectivity index (χ4n) is 3.78. The first-order valence-corrected chi connectivity index (χ1v) is 8.64. The number of aromatic nitrogens is 2. The zero-order chi connectivity index (χ0) is 14.5. The fraction of sp³-hybridized carbons (Fsp3) is 0.875. The molecular formula is C16H28N4O. The number of hydrogen-bond acceptors (Lipinski definition) is 5. The third-order valence-corrected chi connectivity index (χ3v) is 5.05. The highest BCUT2D eigenvalue weighted by Crippen LogP contribution is 2.37. The molecule has 0 saturated carbocycles. The molecule has 2 aliphatic heterocycles. The van der Waals surface area contributed by atoms with Crippen molar-refractivity contribution in [2.75, 3.05) is 31.1 Å². The van der Waals surface area contributed by atoms with Gasteiger partial charge in [0.25, 0.3) is 5.95 Å². The van der Waals surface area contributed by atoms with Crippen LogP contribution in [0.1, 0.15) is 64.2 Å². The van der Waals surface area contributed by atoms with Gasteiger partial charge in [-0.1, -0.05) is 26.2 Å². The highest BCUT2D eigenvalue weighted by molar-refractivity contribution is 5.29. The Kier molecular flexibility index (Phi) is 4.78. The first-order chi connectivity index (χ1) is 10.3. The summed E-state index contributed by atoms with van der Waals surface area (Å²) >= 11 is 0. The Bertz CT molecular complexity index is 426. The molecule has 0 amide bonds. The molecule has 21 heavy (non-hydrogen) atoms. The largest absolute Gasteiger partial charge is 0.338 e. The molecule has 2 aliphatic rings. The van der Waals surface area contributed by atoms with E-state index in [1.165, 1.54) is 32.1 Å². The molecule has 2 fully saturated rings. The second-order valence-corrected chi connectivity index (χ2v) is 6.58. The summed E-state index contributed by atoms with van der Waals surface area (Å²) in [4.78, 5) is 7.12. The summed E-state index contributed by atoms with van der Waals surface area (Å²) in [6.45, 7) is 6.50. The number of piperidine rings is 1. The summed E-state index contributed by atoms with van der Waals surface area (Å²) in [6, 6.07) is 0. The van der Waals surface area contributed by atoms with E-state index in [0.717, 1.165) is 57.3 Å². The summed E-state index contributed by atoms with van der Waals surface area (Å²) in [5, 5.41) is 7.75. The predicted molar refractivity (Wildman–Crippen MR) is 83.7 cm³/mol. The SMILES string of the molecule is CCCC1(c2nc(N3CCCCCC3)no2)CCNCC1. The van der Waals surface area contributed by atoms with Gasteiger partial charge in [0.2, 0.25) is 5.89 Å². The van der Waals surface area contributed by atoms with Gasteiger partial charge in [-0.25, -0.2) is 0 Å². The van der Waals surface area contributed by atoms with Crippen LogP contribution >= 0.6 is 0 Å². The van der Waals surface area contributed by atoms with Crippen LogP contribution in [-0.4, -0.2) is 36.3 Å². The van der Waals surface area contributed by atoms with Crippen molar-refractivity contribution in [1.82, 2.24) is 15.5 Å². The molecule has 3 heterocycles. The first kappa shape index (κ1) is 14.8. The molecule has 2 saturated heterocycles. The van der Waals surface area contributed by atoms with Crippen molar-refractivity contribution in [2.24, 2.45) is 0 Å². The van der Waals surface area contributed by atoms with Crippen LogP contribution in [0.4, 0.5) is 5.95 Å². The van der Waals surface area contributed by atoms with Crippen molar-refractivity contribution in [2.45, 2.75) is 63.7 Å². The lowest BCUT2D eigenvalue weighted by atomic mass is 9.75. The molecule has 118 valence electrons. The molecule has 0 aliphatic carbocycles. The second kappa shape index (κ2) is 6.77. The average Bonchev–Trinajstić information content (AvgIpc) is 2.86. The molecule has 3 rings (SSSR count). The molecule has 1 N–H and O–H groups in total. The van der Waals surface area contributed by atoms with Gasteiger partial charge in [0, 0.05) is 13.1 Å². The lowest BCUT2D eigenvalue weighted by molar-refractivity contribution is 0.208. The molecule has 5 heteroatoms. The topological polar surface area (TPSA) is 54.2 Å². The summed E-state index contributed by atoms with van der Waals surface area (Å²) < 4.78 is 5.72. The molecule has 0 radical (unpaired) electrons. The lowest BCUT2D eigenvalue weighted by Gasteiger charge is -2.34. The van der Waals surface area contributed by atoms with Gasteiger partial charge in [-0.05, 0) is 50.4 Å². The standard InChI is InChI=1S/C16H28N4O/c1-2-7-16(8-10-17-11-9-16)14-18-15(19-21-14)20-12-5-3-4-6-13-20/h17H,2-13H2,1H3. The van der Waals surface area contributed by atoms with Crippen LogP contribution < -0.4 is 10.2 Å². The van der Waals surface area contributed by atoms with Gasteiger partial charge in [0.15, 0.2) is 0 Å². The minimum absolute atomic E-state index is 0.108. The molecule has 0 unspecified atom stereocenters. The zero-order valence-electron chi connectivity index (χ0n) is 13.2. The maximum Gasteiger partial charge on any atom is 0.266 e. The summed E-state index contributed by atoms with van der Waals surface area (Å²) in [6.07, 6.45) is 9.68. The molecule has 0 spiro atoms. The third kappa shape index (κ3) is 3.23. The Morgan fingerprint density at radius 1 is 1.14 bits per heavy atom. The molecule has 1 aromatic heterocycles. The minimum atomic E-state index is 0.108. The molecule has 0 bridgehead atoms. The van der Waals surface area contributed by atoms with Crippen LogP contribution in [0.3, 0.4) is 0 Å². The van der Waals surface area contributed by atoms with Crippen LogP contribution in [-0.2, 0) is 5.41 Å². The van der Waals surface area contributed by atoms with Crippen molar-refractivity contribution in [3.63, 3.8) is 0 Å². The Balaban J connectivity index is 1.78. The molecule has 5 nitrogen and oxygen atoms in total. The maximum absolute atomic E-state index is 5.72. The van der Waals surface area contributed by atoms with Crippen molar-refractivity contribution >= 4 is 5.95 Å². The molecule has 0 aromatic carbocycles. The van der Waals surface area contributed by atoms with Crippen LogP contribution in [0.25, 0.3) is 0 Å². The summed E-state index contributed by atoms with van der Waals surface area (Å²) in [7, 11) is 0. The summed E-state index contributed by atoms with van der Waals surface area (Å²) in [5.74, 6) is 1.70. The Morgan fingerprint density at radius 2 is 1.86 bits per heavy atom. The van der Waals surface area contributed by atoms with E-state index in [-0.39, 0.29) is 5.41 Å². The van der Waals surface area contributed by atoms with E-state index in [0.29, 0.717) is 0 Å². The molecule has 1 aromatic rings. The van der Waals surface area contributed by atoms with E-state index in [1.54, 1.807) is 0 Å². The van der Waals surface area contributed by atoms with E-state index in [9.17, 15) is 0 Å². The van der Waals surface area contributed by atoms with Crippen molar-refractivity contribution in [3.05, 3.63) is 5.89 Å². The normalized spacial score (nSPS) is 23.0. The Morgan fingerprint density at radius 3 is 2.52 bits per heavy atom. The van der Waals surface area contributed by atoms with E-state index >= 15 is 0 Å². The van der Waals surface area contributed by atoms with E-state index in [2.05, 4.69) is 22.3 Å². The van der Waals surface area contributed by atoms with E-state index in [1.807, 2.05) is 0 Å². The molecule has 0 atom stereocenters. The lowest BCUT2D eigenvalue weighted by Crippen LogP contribution is -2.40. The number of nitrogens with one attached hydrogen (secondary N) is 1. The monoisotopic (exact) mass is 292 g/mol. The van der Waals surface area contributed by atoms with Crippen LogP contribution in [0.15, 0.2) is 4.52 Å². The van der Waals surface area contributed by atoms with E-state index < -0.39 is 0 Å². The van der Waals surface area contributed by atoms with Gasteiger partial charge in [-0.2, -0.15) is 4.98 Å². The van der Waals surface area contributed by atoms with Crippen LogP contribution in [0.2, 0.25) is 0 Å². The molecular weight excluding hydrogens is 264 g/mol. The zero-order valence-corrected chi connectivity index (χ0v) is 13.2. The minimum Gasteiger partial charge on any atom is -0.338 e. The third-order valence-electron chi connectivity index (χ3n) is 5.05. The van der Waals surface area contributed by atoms with Crippen molar-refractivity contribution in [1.29, 1.82) is 0 Å². The Hall–Kier alpha value is -1.10. The van der Waals surface area contributed by atoms with Gasteiger partial charge < -0.3 is 14.7 Å². The summed E-state index contributed by atoms with van der Waals surface area (Å²) in [5.41, 5.74) is 0.108. The van der Waals surface area contributed by atoms with Crippen molar-refractivity contribution in [3.8, 4) is 0 Å². The van der Waals surface area contributed by atoms with Gasteiger partial charge >= 0.3 is 0 Å². The van der Waals surface area contributed by atoms with Crippen molar-refractivity contribution < 1.29 is 4.52 Å². The van der Waals surface area contributed by atoms with Crippen LogP contribution in [0.5, 0.6) is 0 Å². The Labute approximate surface area is 127 Å². The quantitative estimate of drug-likeness (QED) is 0.925. The number of anilines is 1. The fourth-order valence-corrected chi connectivity index (χ4v) is 3.78. The highest BCUT2D eigenvalue weighted by Gasteiger charge is 2.38. The average molecular weight is 292 g/mol.